The minimum atomic E-state index is 0.638. The molecule has 3 aliphatic rings. The summed E-state index contributed by atoms with van der Waals surface area (Å²) in [6, 6.07) is 12.2. The van der Waals surface area contributed by atoms with Gasteiger partial charge in [-0.3, -0.25) is 4.90 Å². The molecule has 2 unspecified atom stereocenters. The summed E-state index contributed by atoms with van der Waals surface area (Å²) >= 11 is 0. The Morgan fingerprint density at radius 2 is 1.70 bits per heavy atom. The predicted octanol–water partition coefficient (Wildman–Crippen LogP) is 2.86. The first-order valence-electron chi connectivity index (χ1n) is 8.47. The molecule has 120 valence electrons. The van der Waals surface area contributed by atoms with Gasteiger partial charge in [0.2, 0.25) is 5.95 Å². The Labute approximate surface area is 138 Å². The summed E-state index contributed by atoms with van der Waals surface area (Å²) in [6.07, 6.45) is 1.31. The van der Waals surface area contributed by atoms with Crippen LogP contribution in [0.2, 0.25) is 0 Å². The molecule has 0 amide bonds. The molecule has 2 aromatic rings. The highest BCUT2D eigenvalue weighted by molar-refractivity contribution is 5.36. The first kappa shape index (κ1) is 14.6. The van der Waals surface area contributed by atoms with Crippen molar-refractivity contribution in [3.05, 3.63) is 52.8 Å². The van der Waals surface area contributed by atoms with Crippen LogP contribution in [0.15, 0.2) is 30.3 Å². The summed E-state index contributed by atoms with van der Waals surface area (Å²) in [6.45, 7) is 9.42. The summed E-state index contributed by atoms with van der Waals surface area (Å²) in [5, 5.41) is 0. The third-order valence-corrected chi connectivity index (χ3v) is 5.05. The number of piperidine rings is 1. The van der Waals surface area contributed by atoms with E-state index >= 15 is 0 Å². The second-order valence-corrected chi connectivity index (χ2v) is 7.06. The van der Waals surface area contributed by atoms with Crippen molar-refractivity contribution in [1.82, 2.24) is 14.9 Å². The van der Waals surface area contributed by atoms with Crippen LogP contribution in [-0.4, -0.2) is 40.0 Å². The number of fused-ring (bicyclic) bond motifs is 2. The molecule has 0 N–H and O–H groups in total. The van der Waals surface area contributed by atoms with Crippen LogP contribution in [0, 0.1) is 20.8 Å². The summed E-state index contributed by atoms with van der Waals surface area (Å²) < 4.78 is 0. The lowest BCUT2D eigenvalue weighted by atomic mass is 9.87. The first-order valence-corrected chi connectivity index (χ1v) is 8.47. The van der Waals surface area contributed by atoms with E-state index in [0.717, 1.165) is 37.0 Å². The number of rotatable bonds is 3. The number of piperazine rings is 1. The van der Waals surface area contributed by atoms with E-state index in [1.807, 2.05) is 19.9 Å². The van der Waals surface area contributed by atoms with Gasteiger partial charge >= 0.3 is 0 Å². The Morgan fingerprint density at radius 3 is 2.35 bits per heavy atom. The molecule has 0 radical (unpaired) electrons. The largest absolute Gasteiger partial charge is 0.338 e. The van der Waals surface area contributed by atoms with Crippen LogP contribution in [0.3, 0.4) is 0 Å². The molecule has 3 fully saturated rings. The van der Waals surface area contributed by atoms with E-state index in [1.165, 1.54) is 17.5 Å². The smallest absolute Gasteiger partial charge is 0.225 e. The standard InChI is InChI=1S/C19H24N4/c1-13-5-4-6-16(7-13)10-23-17-9-18(23)12-22(11-17)19-20-14(2)8-15(3)21-19/h4-8,17-18H,9-12H2,1-3H3. The van der Waals surface area contributed by atoms with Gasteiger partial charge in [0.05, 0.1) is 0 Å². The molecule has 1 aromatic heterocycles. The van der Waals surface area contributed by atoms with Crippen molar-refractivity contribution in [2.75, 3.05) is 18.0 Å². The number of hydrogen-bond donors (Lipinski definition) is 0. The second-order valence-electron chi connectivity index (χ2n) is 7.06. The lowest BCUT2D eigenvalue weighted by Gasteiger charge is -2.56. The molecule has 2 bridgehead atoms. The Hall–Kier alpha value is -1.94. The zero-order valence-electron chi connectivity index (χ0n) is 14.2. The van der Waals surface area contributed by atoms with E-state index in [4.69, 9.17) is 0 Å². The number of benzene rings is 1. The van der Waals surface area contributed by atoms with Gasteiger partial charge in [0, 0.05) is 43.1 Å². The maximum Gasteiger partial charge on any atom is 0.225 e. The van der Waals surface area contributed by atoms with Gasteiger partial charge in [-0.05, 0) is 38.8 Å². The normalized spacial score (nSPS) is 23.7. The van der Waals surface area contributed by atoms with E-state index in [1.54, 1.807) is 0 Å². The Kier molecular flexibility index (Phi) is 3.57. The highest BCUT2D eigenvalue weighted by Gasteiger charge is 2.44. The molecule has 0 saturated carbocycles. The molecule has 3 saturated heterocycles. The van der Waals surface area contributed by atoms with E-state index in [-0.39, 0.29) is 0 Å². The fourth-order valence-corrected chi connectivity index (χ4v) is 3.98. The molecule has 5 rings (SSSR count). The van der Waals surface area contributed by atoms with Crippen LogP contribution in [-0.2, 0) is 6.54 Å². The number of hydrogen-bond acceptors (Lipinski definition) is 4. The zero-order valence-corrected chi connectivity index (χ0v) is 14.2. The van der Waals surface area contributed by atoms with Gasteiger partial charge in [0.25, 0.3) is 0 Å². The molecule has 2 atom stereocenters. The van der Waals surface area contributed by atoms with Gasteiger partial charge in [0.15, 0.2) is 0 Å². The van der Waals surface area contributed by atoms with Gasteiger partial charge < -0.3 is 4.90 Å². The SMILES string of the molecule is Cc1cccc(CN2C3CC2CN(c2nc(C)cc(C)n2)C3)c1. The van der Waals surface area contributed by atoms with Crippen LogP contribution >= 0.6 is 0 Å². The molecule has 1 aromatic carbocycles. The van der Waals surface area contributed by atoms with E-state index in [0.29, 0.717) is 12.1 Å². The summed E-state index contributed by atoms with van der Waals surface area (Å²) in [5.41, 5.74) is 4.89. The highest BCUT2D eigenvalue weighted by Crippen LogP contribution is 2.35. The van der Waals surface area contributed by atoms with Crippen molar-refractivity contribution in [2.24, 2.45) is 0 Å². The third kappa shape index (κ3) is 2.83. The Bertz CT molecular complexity index is 695. The van der Waals surface area contributed by atoms with Crippen LogP contribution < -0.4 is 4.90 Å². The monoisotopic (exact) mass is 308 g/mol. The summed E-state index contributed by atoms with van der Waals surface area (Å²) in [4.78, 5) is 14.3. The number of aromatic nitrogens is 2. The topological polar surface area (TPSA) is 32.3 Å². The minimum absolute atomic E-state index is 0.638. The maximum atomic E-state index is 4.63. The summed E-state index contributed by atoms with van der Waals surface area (Å²) in [5.74, 6) is 0.910. The molecule has 0 aliphatic carbocycles. The van der Waals surface area contributed by atoms with Crippen LogP contribution in [0.5, 0.6) is 0 Å². The molecule has 3 aliphatic heterocycles. The average molecular weight is 308 g/mol. The van der Waals surface area contributed by atoms with Gasteiger partial charge in [-0.1, -0.05) is 29.8 Å². The van der Waals surface area contributed by atoms with Crippen LogP contribution in [0.1, 0.15) is 28.9 Å². The van der Waals surface area contributed by atoms with Gasteiger partial charge in [0.1, 0.15) is 0 Å². The number of aryl methyl sites for hydroxylation is 3. The van der Waals surface area contributed by atoms with E-state index < -0.39 is 0 Å². The van der Waals surface area contributed by atoms with Crippen LogP contribution in [0.25, 0.3) is 0 Å². The van der Waals surface area contributed by atoms with Gasteiger partial charge in [-0.2, -0.15) is 0 Å². The van der Waals surface area contributed by atoms with Crippen LogP contribution in [0.4, 0.5) is 5.95 Å². The lowest BCUT2D eigenvalue weighted by molar-refractivity contribution is -0.00898. The minimum Gasteiger partial charge on any atom is -0.338 e. The molecular weight excluding hydrogens is 284 g/mol. The van der Waals surface area contributed by atoms with Crippen molar-refractivity contribution >= 4 is 5.95 Å². The fraction of sp³-hybridized carbons (Fsp3) is 0.474. The Balaban J connectivity index is 1.46. The lowest BCUT2D eigenvalue weighted by Crippen LogP contribution is -2.68. The Morgan fingerprint density at radius 1 is 1.00 bits per heavy atom. The van der Waals surface area contributed by atoms with Gasteiger partial charge in [-0.15, -0.1) is 0 Å². The average Bonchev–Trinajstić information content (AvgIpc) is 2.52. The van der Waals surface area contributed by atoms with E-state index in [2.05, 4.69) is 51.0 Å². The second kappa shape index (κ2) is 5.60. The molecule has 23 heavy (non-hydrogen) atoms. The van der Waals surface area contributed by atoms with Gasteiger partial charge in [-0.25, -0.2) is 9.97 Å². The van der Waals surface area contributed by atoms with Crippen molar-refractivity contribution in [3.63, 3.8) is 0 Å². The molecule has 4 nitrogen and oxygen atoms in total. The third-order valence-electron chi connectivity index (χ3n) is 5.05. The maximum absolute atomic E-state index is 4.63. The first-order chi connectivity index (χ1) is 11.1. The molecule has 4 heterocycles. The highest BCUT2D eigenvalue weighted by atomic mass is 15.4. The van der Waals surface area contributed by atoms with Crippen molar-refractivity contribution in [1.29, 1.82) is 0 Å². The van der Waals surface area contributed by atoms with Crippen molar-refractivity contribution in [3.8, 4) is 0 Å². The number of anilines is 1. The zero-order chi connectivity index (χ0) is 16.0. The predicted molar refractivity (Wildman–Crippen MR) is 92.6 cm³/mol. The van der Waals surface area contributed by atoms with E-state index in [9.17, 15) is 0 Å². The quantitative estimate of drug-likeness (QED) is 0.873. The fourth-order valence-electron chi connectivity index (χ4n) is 3.98. The van der Waals surface area contributed by atoms with Crippen molar-refractivity contribution < 1.29 is 0 Å². The molecule has 0 spiro atoms. The number of nitrogens with zero attached hydrogens (tertiary/aromatic N) is 4. The molecule has 4 heteroatoms. The molecular formula is C19H24N4. The van der Waals surface area contributed by atoms with Crippen molar-refractivity contribution in [2.45, 2.75) is 45.8 Å². The summed E-state index contributed by atoms with van der Waals surface area (Å²) in [7, 11) is 0.